The van der Waals surface area contributed by atoms with E-state index >= 15 is 0 Å². The van der Waals surface area contributed by atoms with Crippen molar-refractivity contribution >= 4 is 16.1 Å². The first-order chi connectivity index (χ1) is 4.00. The Morgan fingerprint density at radius 2 is 0.636 bits per heavy atom. The molecule has 3 heteroatoms. The molecule has 0 spiro atoms. The number of rotatable bonds is 0. The minimum atomic E-state index is -0.861. The van der Waals surface area contributed by atoms with Gasteiger partial charge in [0.2, 0.25) is 0 Å². The van der Waals surface area contributed by atoms with Crippen molar-refractivity contribution in [2.75, 3.05) is 0 Å². The zero-order valence-electron chi connectivity index (χ0n) is 8.91. The molecule has 0 aromatic heterocycles. The molecule has 0 bridgehead atoms. The fraction of sp³-hybridized carbons (Fsp3) is 0.750. The van der Waals surface area contributed by atoms with Crippen molar-refractivity contribution in [3.8, 4) is 0 Å². The first-order valence-corrected chi connectivity index (χ1v) is 11.1. The van der Waals surface area contributed by atoms with Crippen LogP contribution in [0.25, 0.3) is 0 Å². The van der Waals surface area contributed by atoms with E-state index < -0.39 is 16.1 Å². The molecule has 0 rings (SSSR count). The van der Waals surface area contributed by atoms with Gasteiger partial charge in [0.25, 0.3) is 0 Å². The topological polar surface area (TPSA) is 0 Å². The van der Waals surface area contributed by atoms with Crippen molar-refractivity contribution in [3.05, 3.63) is 13.1 Å². The predicted molar refractivity (Wildman–Crippen MR) is 57.4 cm³/mol. The Balaban J connectivity index is -0.000000107. The van der Waals surface area contributed by atoms with Gasteiger partial charge in [0.15, 0.2) is 0 Å². The second kappa shape index (κ2) is 6.78. The Morgan fingerprint density at radius 3 is 0.636 bits per heavy atom. The number of hydrogen-bond acceptors (Lipinski definition) is 0. The van der Waals surface area contributed by atoms with Gasteiger partial charge in [0.1, 0.15) is 0 Å². The van der Waals surface area contributed by atoms with Gasteiger partial charge in [-0.25, -0.2) is 0 Å². The van der Waals surface area contributed by atoms with E-state index in [1.54, 1.807) is 0 Å². The van der Waals surface area contributed by atoms with Crippen LogP contribution in [0.3, 0.4) is 0 Å². The normalized spacial score (nSPS) is 10.9. The van der Waals surface area contributed by atoms with E-state index in [9.17, 15) is 0 Å². The van der Waals surface area contributed by atoms with E-state index in [0.29, 0.717) is 0 Å². The van der Waals surface area contributed by atoms with Crippen LogP contribution in [0, 0.1) is 13.1 Å². The van der Waals surface area contributed by atoms with Gasteiger partial charge in [0.05, 0.1) is 0 Å². The summed E-state index contributed by atoms with van der Waals surface area (Å²) in [6.45, 7) is 21.1. The second-order valence-electron chi connectivity index (χ2n) is 5.12. The Kier molecular flexibility index (Phi) is 11.2. The standard InChI is InChI=1S/2C4H11Si.Hf/c2*1-5(2,3)4;/h2*1H2,2-4H3;/q2*-1;. The predicted octanol–water partition coefficient (Wildman–Crippen LogP) is 3.39. The molecule has 0 heterocycles. The quantitative estimate of drug-likeness (QED) is 0.463. The molecule has 0 aromatic carbocycles. The van der Waals surface area contributed by atoms with Crippen molar-refractivity contribution in [2.45, 2.75) is 39.3 Å². The molecule has 11 heavy (non-hydrogen) atoms. The van der Waals surface area contributed by atoms with Crippen LogP contribution in [-0.4, -0.2) is 16.1 Å². The number of hydrogen-bond donors (Lipinski definition) is 0. The van der Waals surface area contributed by atoms with Crippen LogP contribution in [0.2, 0.25) is 39.3 Å². The van der Waals surface area contributed by atoms with Gasteiger partial charge < -0.3 is 13.1 Å². The zero-order valence-corrected chi connectivity index (χ0v) is 14.5. The fourth-order valence-corrected chi connectivity index (χ4v) is 0. The van der Waals surface area contributed by atoms with Crippen LogP contribution < -0.4 is 0 Å². The minimum absolute atomic E-state index is 0. The minimum Gasteiger partial charge on any atom is -0.342 e. The summed E-state index contributed by atoms with van der Waals surface area (Å²) in [5, 5.41) is 0. The molecule has 0 radical (unpaired) electrons. The van der Waals surface area contributed by atoms with Crippen LogP contribution in [0.15, 0.2) is 0 Å². The first-order valence-electron chi connectivity index (χ1n) is 3.71. The summed E-state index contributed by atoms with van der Waals surface area (Å²) in [6.07, 6.45) is 0. The molecule has 0 N–H and O–H groups in total. The average molecular weight is 353 g/mol. The van der Waals surface area contributed by atoms with Crippen LogP contribution in [0.4, 0.5) is 0 Å². The summed E-state index contributed by atoms with van der Waals surface area (Å²) in [4.78, 5) is 0. The molecule has 0 unspecified atom stereocenters. The van der Waals surface area contributed by atoms with Crippen LogP contribution in [-0.2, 0) is 25.8 Å². The molecular weight excluding hydrogens is 331 g/mol. The van der Waals surface area contributed by atoms with Gasteiger partial charge in [-0.1, -0.05) is 39.3 Å². The molecule has 68 valence electrons. The third kappa shape index (κ3) is 576. The summed E-state index contributed by atoms with van der Waals surface area (Å²) < 4.78 is 0. The fourth-order valence-electron chi connectivity index (χ4n) is 0. The summed E-state index contributed by atoms with van der Waals surface area (Å²) in [6, 6.07) is 0. The van der Waals surface area contributed by atoms with Crippen LogP contribution >= 0.6 is 0 Å². The van der Waals surface area contributed by atoms with Crippen molar-refractivity contribution in [1.82, 2.24) is 0 Å². The monoisotopic (exact) mass is 354 g/mol. The molecule has 0 amide bonds. The van der Waals surface area contributed by atoms with Crippen LogP contribution in [0.5, 0.6) is 0 Å². The summed E-state index contributed by atoms with van der Waals surface area (Å²) in [5.41, 5.74) is 0. The first kappa shape index (κ1) is 18.2. The van der Waals surface area contributed by atoms with E-state index in [1.807, 2.05) is 0 Å². The molecule has 0 aliphatic rings. The molecule has 0 aliphatic carbocycles. The average Bonchev–Trinajstić information content (AvgIpc) is 1.12. The van der Waals surface area contributed by atoms with Gasteiger partial charge in [-0.15, -0.1) is 16.1 Å². The molecule has 0 aromatic rings. The zero-order chi connectivity index (χ0) is 9.00. The van der Waals surface area contributed by atoms with Gasteiger partial charge in [-0.05, 0) is 0 Å². The van der Waals surface area contributed by atoms with E-state index in [-0.39, 0.29) is 25.8 Å². The van der Waals surface area contributed by atoms with Crippen molar-refractivity contribution in [2.24, 2.45) is 0 Å². The molecular formula is C8H22HfSi2-2. The smallest absolute Gasteiger partial charge is 0 e. The summed E-state index contributed by atoms with van der Waals surface area (Å²) in [5.74, 6) is 0. The van der Waals surface area contributed by atoms with E-state index in [4.69, 9.17) is 0 Å². The second-order valence-corrected chi connectivity index (χ2v) is 15.4. The van der Waals surface area contributed by atoms with Gasteiger partial charge in [-0.2, -0.15) is 0 Å². The van der Waals surface area contributed by atoms with E-state index in [0.717, 1.165) is 0 Å². The summed E-state index contributed by atoms with van der Waals surface area (Å²) in [7, 11) is -1.72. The third-order valence-corrected chi connectivity index (χ3v) is 0. The van der Waals surface area contributed by atoms with Crippen molar-refractivity contribution < 1.29 is 25.8 Å². The van der Waals surface area contributed by atoms with Gasteiger partial charge in [-0.3, -0.25) is 0 Å². The Labute approximate surface area is 94.0 Å². The van der Waals surface area contributed by atoms with E-state index in [1.165, 1.54) is 0 Å². The molecule has 0 aliphatic heterocycles. The van der Waals surface area contributed by atoms with Crippen molar-refractivity contribution in [3.63, 3.8) is 0 Å². The maximum absolute atomic E-state index is 3.91. The Hall–Kier alpha value is 1.30. The molecule has 0 fully saturated rings. The largest absolute Gasteiger partial charge is 0.342 e. The molecule has 0 atom stereocenters. The molecule has 0 saturated carbocycles. The van der Waals surface area contributed by atoms with E-state index in [2.05, 4.69) is 52.4 Å². The SMILES string of the molecule is [CH2-][Si](C)(C)C.[CH2-][Si](C)(C)C.[Hf]. The third-order valence-electron chi connectivity index (χ3n) is 0. The van der Waals surface area contributed by atoms with Gasteiger partial charge >= 0.3 is 0 Å². The van der Waals surface area contributed by atoms with Gasteiger partial charge in [0, 0.05) is 25.8 Å². The Morgan fingerprint density at radius 1 is 0.636 bits per heavy atom. The molecule has 0 saturated heterocycles. The summed E-state index contributed by atoms with van der Waals surface area (Å²) >= 11 is 0. The van der Waals surface area contributed by atoms with Crippen molar-refractivity contribution in [1.29, 1.82) is 0 Å². The molecule has 0 nitrogen and oxygen atoms in total. The Bertz CT molecular complexity index is 55.1. The maximum Gasteiger partial charge on any atom is 0 e. The van der Waals surface area contributed by atoms with Crippen LogP contribution in [0.1, 0.15) is 0 Å². The maximum atomic E-state index is 3.91.